The first kappa shape index (κ1) is 18.5. The van der Waals surface area contributed by atoms with Crippen LogP contribution in [0.15, 0.2) is 24.8 Å². The van der Waals surface area contributed by atoms with Gasteiger partial charge >= 0.3 is 0 Å². The fourth-order valence-electron chi connectivity index (χ4n) is 2.47. The third kappa shape index (κ3) is 17.5. The molecule has 0 fully saturated rings. The molecule has 0 aliphatic rings. The summed E-state index contributed by atoms with van der Waals surface area (Å²) in [5.41, 5.74) is 0. The minimum atomic E-state index is 1.23. The third-order valence-electron chi connectivity index (χ3n) is 3.75. The Bertz CT molecular complexity index is 190. The maximum Gasteiger partial charge on any atom is -0.0348 e. The van der Waals surface area contributed by atoms with E-state index in [4.69, 9.17) is 0 Å². The molecule has 0 atom stereocenters. The van der Waals surface area contributed by atoms with Gasteiger partial charge in [-0.05, 0) is 12.8 Å². The van der Waals surface area contributed by atoms with E-state index in [1.165, 1.54) is 89.9 Å². The molecule has 0 unspecified atom stereocenters. The highest BCUT2D eigenvalue weighted by molar-refractivity contribution is 4.96. The highest BCUT2D eigenvalue weighted by atomic mass is 14.0. The first-order valence-electron chi connectivity index (χ1n) is 8.69. The summed E-state index contributed by atoms with van der Waals surface area (Å²) in [6.45, 7) is 5.96. The molecule has 0 rings (SSSR count). The number of rotatable bonds is 15. The van der Waals surface area contributed by atoms with Crippen molar-refractivity contribution in [2.24, 2.45) is 0 Å². The number of hydrogen-bond donors (Lipinski definition) is 0. The van der Waals surface area contributed by atoms with Crippen LogP contribution in [0.3, 0.4) is 0 Å². The Morgan fingerprint density at radius 2 is 1.05 bits per heavy atom. The van der Waals surface area contributed by atoms with Gasteiger partial charge in [-0.3, -0.25) is 0 Å². The lowest BCUT2D eigenvalue weighted by atomic mass is 10.0. The summed E-state index contributed by atoms with van der Waals surface area (Å²) in [6, 6.07) is 0. The molecule has 0 aromatic heterocycles. The average molecular weight is 264 g/mol. The molecule has 19 heavy (non-hydrogen) atoms. The van der Waals surface area contributed by atoms with Crippen LogP contribution in [0.2, 0.25) is 0 Å². The van der Waals surface area contributed by atoms with Crippen LogP contribution in [0.4, 0.5) is 0 Å². The normalized spacial score (nSPS) is 11.2. The highest BCUT2D eigenvalue weighted by Crippen LogP contribution is 2.12. The molecule has 0 aliphatic heterocycles. The van der Waals surface area contributed by atoms with Crippen molar-refractivity contribution in [3.05, 3.63) is 24.8 Å². The van der Waals surface area contributed by atoms with E-state index >= 15 is 0 Å². The van der Waals surface area contributed by atoms with Gasteiger partial charge in [0.15, 0.2) is 0 Å². The van der Waals surface area contributed by atoms with Gasteiger partial charge < -0.3 is 0 Å². The summed E-state index contributed by atoms with van der Waals surface area (Å²) in [5, 5.41) is 0. The maximum absolute atomic E-state index is 3.68. The van der Waals surface area contributed by atoms with E-state index in [0.717, 1.165) is 0 Å². The second kappa shape index (κ2) is 17.5. The van der Waals surface area contributed by atoms with Crippen LogP contribution in [0.1, 0.15) is 96.8 Å². The Morgan fingerprint density at radius 3 is 1.47 bits per heavy atom. The molecule has 0 radical (unpaired) electrons. The third-order valence-corrected chi connectivity index (χ3v) is 3.75. The van der Waals surface area contributed by atoms with Crippen molar-refractivity contribution in [3.8, 4) is 0 Å². The van der Waals surface area contributed by atoms with Crippen molar-refractivity contribution in [1.82, 2.24) is 0 Å². The zero-order valence-electron chi connectivity index (χ0n) is 13.3. The molecule has 0 nitrogen and oxygen atoms in total. The van der Waals surface area contributed by atoms with E-state index in [9.17, 15) is 0 Å². The molecule has 0 N–H and O–H groups in total. The second-order valence-electron chi connectivity index (χ2n) is 5.70. The number of allylic oxidation sites excluding steroid dienone is 3. The molecule has 0 spiro atoms. The van der Waals surface area contributed by atoms with Gasteiger partial charge in [0.1, 0.15) is 0 Å². The summed E-state index contributed by atoms with van der Waals surface area (Å²) in [5.74, 6) is 0. The quantitative estimate of drug-likeness (QED) is 0.216. The monoisotopic (exact) mass is 264 g/mol. The molecule has 0 heteroatoms. The first-order valence-corrected chi connectivity index (χ1v) is 8.69. The largest absolute Gasteiger partial charge is 0.0991 e. The molecule has 0 saturated heterocycles. The van der Waals surface area contributed by atoms with E-state index < -0.39 is 0 Å². The van der Waals surface area contributed by atoms with Crippen LogP contribution in [0, 0.1) is 0 Å². The van der Waals surface area contributed by atoms with Crippen LogP contribution in [0.5, 0.6) is 0 Å². The van der Waals surface area contributed by atoms with Crippen LogP contribution in [-0.2, 0) is 0 Å². The van der Waals surface area contributed by atoms with Crippen molar-refractivity contribution in [3.63, 3.8) is 0 Å². The van der Waals surface area contributed by atoms with E-state index in [1.807, 2.05) is 6.08 Å². The molecule has 0 aromatic carbocycles. The maximum atomic E-state index is 3.68. The second-order valence-corrected chi connectivity index (χ2v) is 5.70. The Morgan fingerprint density at radius 1 is 0.632 bits per heavy atom. The van der Waals surface area contributed by atoms with Crippen LogP contribution < -0.4 is 0 Å². The summed E-state index contributed by atoms with van der Waals surface area (Å²) in [4.78, 5) is 0. The predicted molar refractivity (Wildman–Crippen MR) is 89.6 cm³/mol. The molecular weight excluding hydrogens is 228 g/mol. The molecule has 0 bridgehead atoms. The van der Waals surface area contributed by atoms with Crippen LogP contribution >= 0.6 is 0 Å². The Kier molecular flexibility index (Phi) is 17.0. The van der Waals surface area contributed by atoms with Gasteiger partial charge in [0.25, 0.3) is 0 Å². The van der Waals surface area contributed by atoms with Gasteiger partial charge in [-0.2, -0.15) is 0 Å². The topological polar surface area (TPSA) is 0 Å². The van der Waals surface area contributed by atoms with Crippen molar-refractivity contribution in [1.29, 1.82) is 0 Å². The van der Waals surface area contributed by atoms with Crippen molar-refractivity contribution in [2.75, 3.05) is 0 Å². The van der Waals surface area contributed by atoms with E-state index in [1.54, 1.807) is 0 Å². The van der Waals surface area contributed by atoms with Gasteiger partial charge in [-0.25, -0.2) is 0 Å². The summed E-state index contributed by atoms with van der Waals surface area (Å²) >= 11 is 0. The summed E-state index contributed by atoms with van der Waals surface area (Å²) < 4.78 is 0. The Labute approximate surface area is 122 Å². The zero-order valence-corrected chi connectivity index (χ0v) is 13.3. The van der Waals surface area contributed by atoms with Crippen LogP contribution in [0.25, 0.3) is 0 Å². The Balaban J connectivity index is 2.95. The molecular formula is C19H36. The molecule has 0 aliphatic carbocycles. The standard InChI is InChI=1S/C19H36/c1-3-5-7-9-11-13-15-17-19-18-16-14-12-10-8-6-4-2/h3,5,7H,1,4,6,8-19H2,2H3/b7-5-. The minimum absolute atomic E-state index is 1.23. The lowest BCUT2D eigenvalue weighted by Crippen LogP contribution is -1.82. The van der Waals surface area contributed by atoms with E-state index in [2.05, 4.69) is 25.7 Å². The van der Waals surface area contributed by atoms with Gasteiger partial charge in [0.05, 0.1) is 0 Å². The number of hydrogen-bond acceptors (Lipinski definition) is 0. The smallest absolute Gasteiger partial charge is 0.0348 e. The molecule has 0 aromatic rings. The zero-order chi connectivity index (χ0) is 14.0. The lowest BCUT2D eigenvalue weighted by molar-refractivity contribution is 0.540. The van der Waals surface area contributed by atoms with Gasteiger partial charge in [-0.1, -0.05) is 109 Å². The molecule has 0 saturated carbocycles. The summed E-state index contributed by atoms with van der Waals surface area (Å²) in [7, 11) is 0. The first-order chi connectivity index (χ1) is 9.41. The van der Waals surface area contributed by atoms with Crippen molar-refractivity contribution >= 4 is 0 Å². The average Bonchev–Trinajstić information content (AvgIpc) is 2.43. The van der Waals surface area contributed by atoms with Gasteiger partial charge in [-0.15, -0.1) is 0 Å². The molecule has 0 heterocycles. The minimum Gasteiger partial charge on any atom is -0.0991 e. The molecule has 112 valence electrons. The van der Waals surface area contributed by atoms with Crippen molar-refractivity contribution < 1.29 is 0 Å². The fraction of sp³-hybridized carbons (Fsp3) is 0.789. The molecule has 0 amide bonds. The highest BCUT2D eigenvalue weighted by Gasteiger charge is 1.93. The van der Waals surface area contributed by atoms with E-state index in [0.29, 0.717) is 0 Å². The summed E-state index contributed by atoms with van der Waals surface area (Å²) in [6.07, 6.45) is 26.0. The Hall–Kier alpha value is -0.520. The van der Waals surface area contributed by atoms with Crippen molar-refractivity contribution in [2.45, 2.75) is 96.8 Å². The lowest BCUT2D eigenvalue weighted by Gasteiger charge is -2.02. The predicted octanol–water partition coefficient (Wildman–Crippen LogP) is 7.21. The van der Waals surface area contributed by atoms with Gasteiger partial charge in [0, 0.05) is 0 Å². The van der Waals surface area contributed by atoms with Crippen LogP contribution in [-0.4, -0.2) is 0 Å². The number of unbranched alkanes of at least 4 members (excludes halogenated alkanes) is 13. The fourth-order valence-corrected chi connectivity index (χ4v) is 2.47. The van der Waals surface area contributed by atoms with E-state index in [-0.39, 0.29) is 0 Å². The van der Waals surface area contributed by atoms with Gasteiger partial charge in [0.2, 0.25) is 0 Å². The SMILES string of the molecule is C=C/C=C\CCCCCCCCCCCCCCC.